The van der Waals surface area contributed by atoms with Gasteiger partial charge in [0.05, 0.1) is 6.54 Å². The van der Waals surface area contributed by atoms with Crippen LogP contribution < -0.4 is 10.6 Å². The maximum Gasteiger partial charge on any atom is 0.245 e. The van der Waals surface area contributed by atoms with E-state index >= 15 is 0 Å². The first kappa shape index (κ1) is 18.7. The lowest BCUT2D eigenvalue weighted by atomic mass is 9.96. The number of para-hydroxylation sites is 1. The molecule has 1 aliphatic rings. The molecule has 0 saturated carbocycles. The van der Waals surface area contributed by atoms with Crippen LogP contribution in [0, 0.1) is 19.8 Å². The first-order chi connectivity index (χ1) is 11.9. The Kier molecular flexibility index (Phi) is 6.33. The van der Waals surface area contributed by atoms with Crippen molar-refractivity contribution in [3.05, 3.63) is 42.0 Å². The number of carbonyl (C=O) groups is 3. The monoisotopic (exact) mass is 343 g/mol. The minimum atomic E-state index is -0.245. The molecule has 2 rings (SSSR count). The second kappa shape index (κ2) is 8.46. The molecule has 1 fully saturated rings. The zero-order chi connectivity index (χ0) is 18.4. The topological polar surface area (TPSA) is 78.5 Å². The third kappa shape index (κ3) is 4.92. The van der Waals surface area contributed by atoms with Crippen LogP contribution in [0.15, 0.2) is 30.9 Å². The second-order valence-electron chi connectivity index (χ2n) is 6.34. The van der Waals surface area contributed by atoms with E-state index in [1.165, 1.54) is 6.08 Å². The average Bonchev–Trinajstić information content (AvgIpc) is 2.62. The van der Waals surface area contributed by atoms with Crippen molar-refractivity contribution < 1.29 is 14.4 Å². The van der Waals surface area contributed by atoms with Gasteiger partial charge in [0, 0.05) is 24.7 Å². The van der Waals surface area contributed by atoms with Crippen molar-refractivity contribution in [2.75, 3.05) is 25.0 Å². The summed E-state index contributed by atoms with van der Waals surface area (Å²) in [5.41, 5.74) is 2.76. The number of hydrogen-bond acceptors (Lipinski definition) is 3. The van der Waals surface area contributed by atoms with E-state index in [4.69, 9.17) is 0 Å². The molecule has 6 heteroatoms. The number of benzene rings is 1. The van der Waals surface area contributed by atoms with Gasteiger partial charge in [0.25, 0.3) is 0 Å². The van der Waals surface area contributed by atoms with Crippen molar-refractivity contribution in [1.29, 1.82) is 0 Å². The molecule has 1 heterocycles. The summed E-state index contributed by atoms with van der Waals surface area (Å²) in [6.07, 6.45) is 2.49. The Labute approximate surface area is 148 Å². The Morgan fingerprint density at radius 1 is 1.20 bits per heavy atom. The highest BCUT2D eigenvalue weighted by atomic mass is 16.2. The number of anilines is 1. The molecular formula is C19H25N3O3. The molecule has 134 valence electrons. The minimum Gasteiger partial charge on any atom is -0.347 e. The minimum absolute atomic E-state index is 0.0571. The largest absolute Gasteiger partial charge is 0.347 e. The number of likely N-dealkylation sites (tertiary alicyclic amines) is 1. The molecule has 25 heavy (non-hydrogen) atoms. The van der Waals surface area contributed by atoms with Gasteiger partial charge in [-0.25, -0.2) is 0 Å². The summed E-state index contributed by atoms with van der Waals surface area (Å²) >= 11 is 0. The van der Waals surface area contributed by atoms with Crippen molar-refractivity contribution in [1.82, 2.24) is 10.2 Å². The highest BCUT2D eigenvalue weighted by molar-refractivity contribution is 5.96. The zero-order valence-corrected chi connectivity index (χ0v) is 14.8. The smallest absolute Gasteiger partial charge is 0.245 e. The fourth-order valence-corrected chi connectivity index (χ4v) is 3.00. The molecule has 0 aromatic heterocycles. The molecule has 0 unspecified atom stereocenters. The Morgan fingerprint density at radius 3 is 2.36 bits per heavy atom. The van der Waals surface area contributed by atoms with Gasteiger partial charge in [-0.1, -0.05) is 24.8 Å². The zero-order valence-electron chi connectivity index (χ0n) is 14.8. The van der Waals surface area contributed by atoms with Crippen molar-refractivity contribution in [3.8, 4) is 0 Å². The Hall–Kier alpha value is -2.63. The Morgan fingerprint density at radius 2 is 1.80 bits per heavy atom. The molecule has 1 saturated heterocycles. The lowest BCUT2D eigenvalue weighted by Crippen LogP contribution is -2.44. The molecule has 0 spiro atoms. The lowest BCUT2D eigenvalue weighted by Gasteiger charge is -2.30. The van der Waals surface area contributed by atoms with Gasteiger partial charge in [-0.05, 0) is 43.9 Å². The predicted octanol–water partition coefficient (Wildman–Crippen LogP) is 1.78. The van der Waals surface area contributed by atoms with E-state index < -0.39 is 0 Å². The van der Waals surface area contributed by atoms with E-state index in [0.29, 0.717) is 25.9 Å². The molecule has 6 nitrogen and oxygen atoms in total. The molecule has 0 radical (unpaired) electrons. The fourth-order valence-electron chi connectivity index (χ4n) is 3.00. The highest BCUT2D eigenvalue weighted by Gasteiger charge is 2.26. The van der Waals surface area contributed by atoms with E-state index in [1.807, 2.05) is 32.0 Å². The van der Waals surface area contributed by atoms with E-state index in [2.05, 4.69) is 17.2 Å². The van der Waals surface area contributed by atoms with E-state index in [9.17, 15) is 14.4 Å². The lowest BCUT2D eigenvalue weighted by molar-refractivity contribution is -0.132. The van der Waals surface area contributed by atoms with Crippen LogP contribution in [0.5, 0.6) is 0 Å². The third-order valence-electron chi connectivity index (χ3n) is 4.52. The van der Waals surface area contributed by atoms with Crippen LogP contribution >= 0.6 is 0 Å². The van der Waals surface area contributed by atoms with Crippen LogP contribution in [-0.4, -0.2) is 42.3 Å². The number of aryl methyl sites for hydroxylation is 2. The second-order valence-corrected chi connectivity index (χ2v) is 6.34. The summed E-state index contributed by atoms with van der Waals surface area (Å²) in [4.78, 5) is 37.5. The summed E-state index contributed by atoms with van der Waals surface area (Å²) in [7, 11) is 0. The molecule has 0 bridgehead atoms. The van der Waals surface area contributed by atoms with Crippen LogP contribution in [0.25, 0.3) is 0 Å². The molecule has 3 amide bonds. The quantitative estimate of drug-likeness (QED) is 0.800. The van der Waals surface area contributed by atoms with Gasteiger partial charge < -0.3 is 15.5 Å². The van der Waals surface area contributed by atoms with Gasteiger partial charge in [-0.15, -0.1) is 0 Å². The summed E-state index contributed by atoms with van der Waals surface area (Å²) in [5, 5.41) is 5.54. The number of amides is 3. The summed E-state index contributed by atoms with van der Waals surface area (Å²) in [6.45, 7) is 8.35. The van der Waals surface area contributed by atoms with Crippen LogP contribution in [0.2, 0.25) is 0 Å². The molecule has 1 aliphatic heterocycles. The average molecular weight is 343 g/mol. The van der Waals surface area contributed by atoms with Crippen LogP contribution in [0.3, 0.4) is 0 Å². The van der Waals surface area contributed by atoms with Crippen molar-refractivity contribution in [2.45, 2.75) is 26.7 Å². The number of carbonyl (C=O) groups excluding carboxylic acids is 3. The van der Waals surface area contributed by atoms with Gasteiger partial charge in [0.1, 0.15) is 0 Å². The van der Waals surface area contributed by atoms with E-state index in [0.717, 1.165) is 16.8 Å². The molecule has 1 aromatic carbocycles. The Bertz CT molecular complexity index is 656. The normalized spacial score (nSPS) is 14.7. The van der Waals surface area contributed by atoms with Crippen LogP contribution in [-0.2, 0) is 14.4 Å². The first-order valence-corrected chi connectivity index (χ1v) is 8.47. The number of rotatable bonds is 5. The first-order valence-electron chi connectivity index (χ1n) is 8.47. The Balaban J connectivity index is 1.79. The number of nitrogens with zero attached hydrogens (tertiary/aromatic N) is 1. The van der Waals surface area contributed by atoms with Gasteiger partial charge in [0.15, 0.2) is 0 Å². The standard InChI is InChI=1S/C19H25N3O3/c1-4-17(24)22-10-8-15(9-11-22)19(25)20-12-16(23)21-18-13(2)6-5-7-14(18)3/h4-7,15H,1,8-12H2,2-3H3,(H,20,25)(H,21,23). The van der Waals surface area contributed by atoms with E-state index in [-0.39, 0.29) is 30.2 Å². The van der Waals surface area contributed by atoms with Crippen molar-refractivity contribution >= 4 is 23.4 Å². The van der Waals surface area contributed by atoms with Gasteiger partial charge in [-0.3, -0.25) is 14.4 Å². The van der Waals surface area contributed by atoms with E-state index in [1.54, 1.807) is 4.90 Å². The number of piperidine rings is 1. The molecular weight excluding hydrogens is 318 g/mol. The maximum atomic E-state index is 12.2. The predicted molar refractivity (Wildman–Crippen MR) is 97.1 cm³/mol. The molecule has 1 aromatic rings. The SMILES string of the molecule is C=CC(=O)N1CCC(C(=O)NCC(=O)Nc2c(C)cccc2C)CC1. The summed E-state index contributed by atoms with van der Waals surface area (Å²) < 4.78 is 0. The molecule has 0 atom stereocenters. The van der Waals surface area contributed by atoms with Gasteiger partial charge in [-0.2, -0.15) is 0 Å². The third-order valence-corrected chi connectivity index (χ3v) is 4.52. The highest BCUT2D eigenvalue weighted by Crippen LogP contribution is 2.19. The fraction of sp³-hybridized carbons (Fsp3) is 0.421. The van der Waals surface area contributed by atoms with Gasteiger partial charge >= 0.3 is 0 Å². The van der Waals surface area contributed by atoms with Crippen LogP contribution in [0.1, 0.15) is 24.0 Å². The summed E-state index contributed by atoms with van der Waals surface area (Å²) in [6, 6.07) is 5.80. The number of nitrogens with one attached hydrogen (secondary N) is 2. The maximum absolute atomic E-state index is 12.2. The molecule has 2 N–H and O–H groups in total. The van der Waals surface area contributed by atoms with Gasteiger partial charge in [0.2, 0.25) is 17.7 Å². The van der Waals surface area contributed by atoms with Crippen molar-refractivity contribution in [3.63, 3.8) is 0 Å². The summed E-state index contributed by atoms with van der Waals surface area (Å²) in [5.74, 6) is -0.652. The van der Waals surface area contributed by atoms with Crippen LogP contribution in [0.4, 0.5) is 5.69 Å². The van der Waals surface area contributed by atoms with Crippen molar-refractivity contribution in [2.24, 2.45) is 5.92 Å². The number of hydrogen-bond donors (Lipinski definition) is 2. The molecule has 0 aliphatic carbocycles.